The average Bonchev–Trinajstić information content (AvgIpc) is 3.22. The van der Waals surface area contributed by atoms with Gasteiger partial charge in [0, 0.05) is 31.0 Å². The van der Waals surface area contributed by atoms with E-state index in [0.717, 1.165) is 37.1 Å². The van der Waals surface area contributed by atoms with Gasteiger partial charge < -0.3 is 9.32 Å². The molecule has 24 heavy (non-hydrogen) atoms. The van der Waals surface area contributed by atoms with Crippen LogP contribution in [0.5, 0.6) is 0 Å². The molecule has 0 radical (unpaired) electrons. The minimum atomic E-state index is -0.0762. The minimum Gasteiger partial charge on any atom is -0.465 e. The number of hydrogen-bond acceptors (Lipinski definition) is 5. The van der Waals surface area contributed by atoms with Gasteiger partial charge in [-0.2, -0.15) is 0 Å². The maximum Gasteiger partial charge on any atom is 0.258 e. The Balaban J connectivity index is 1.73. The van der Waals surface area contributed by atoms with Crippen molar-refractivity contribution in [2.24, 2.45) is 0 Å². The minimum absolute atomic E-state index is 0.00916. The number of hydrogen-bond donors (Lipinski definition) is 0. The highest BCUT2D eigenvalue weighted by molar-refractivity contribution is 7.09. The van der Waals surface area contributed by atoms with Crippen LogP contribution in [0.3, 0.4) is 0 Å². The van der Waals surface area contributed by atoms with Gasteiger partial charge in [-0.25, -0.2) is 4.98 Å². The zero-order valence-corrected chi connectivity index (χ0v) is 14.5. The molecule has 1 unspecified atom stereocenters. The summed E-state index contributed by atoms with van der Waals surface area (Å²) in [5.41, 5.74) is 1.02. The van der Waals surface area contributed by atoms with Gasteiger partial charge in [0.25, 0.3) is 5.91 Å². The maximum absolute atomic E-state index is 13.3. The average molecular weight is 344 g/mol. The van der Waals surface area contributed by atoms with E-state index in [4.69, 9.17) is 4.42 Å². The summed E-state index contributed by atoms with van der Waals surface area (Å²) in [5, 5.41) is 2.92. The number of Topliss-reactive ketones (excluding diaryl/α,β-unsaturated/α-hetero) is 1. The second kappa shape index (κ2) is 6.16. The highest BCUT2D eigenvalue weighted by Crippen LogP contribution is 2.36. The Kier molecular flexibility index (Phi) is 4.00. The molecule has 0 aromatic carbocycles. The van der Waals surface area contributed by atoms with Crippen molar-refractivity contribution in [1.82, 2.24) is 9.88 Å². The molecule has 1 amide bonds. The SMILES string of the molecule is Cc1oc2c(c1C(=O)N1CCCCC1c1nccs1)C(=O)CCC2. The van der Waals surface area contributed by atoms with E-state index in [-0.39, 0.29) is 17.7 Å². The van der Waals surface area contributed by atoms with Crippen LogP contribution in [0.15, 0.2) is 16.0 Å². The number of amides is 1. The number of carbonyl (C=O) groups is 2. The van der Waals surface area contributed by atoms with E-state index in [9.17, 15) is 9.59 Å². The molecular formula is C18H20N2O3S. The first-order chi connectivity index (χ1) is 11.7. The first kappa shape index (κ1) is 15.6. The molecule has 0 bridgehead atoms. The molecule has 1 fully saturated rings. The standard InChI is InChI=1S/C18H20N2O3S/c1-11-15(16-13(21)6-4-7-14(16)23-11)18(22)20-9-3-2-5-12(20)17-19-8-10-24-17/h8,10,12H,2-7,9H2,1H3. The van der Waals surface area contributed by atoms with Gasteiger partial charge in [0.1, 0.15) is 16.5 Å². The van der Waals surface area contributed by atoms with Crippen molar-refractivity contribution in [3.05, 3.63) is 39.2 Å². The number of nitrogens with zero attached hydrogens (tertiary/aromatic N) is 2. The molecule has 1 atom stereocenters. The summed E-state index contributed by atoms with van der Waals surface area (Å²) in [6, 6.07) is 0.00916. The monoisotopic (exact) mass is 344 g/mol. The molecule has 4 rings (SSSR count). The molecule has 1 aliphatic heterocycles. The van der Waals surface area contributed by atoms with Gasteiger partial charge in [0.2, 0.25) is 0 Å². The normalized spacial score (nSPS) is 21.0. The fraction of sp³-hybridized carbons (Fsp3) is 0.500. The summed E-state index contributed by atoms with van der Waals surface area (Å²) in [6.07, 6.45) is 6.83. The number of fused-ring (bicyclic) bond motifs is 1. The number of piperidine rings is 1. The molecule has 0 saturated carbocycles. The largest absolute Gasteiger partial charge is 0.465 e. The first-order valence-electron chi connectivity index (χ1n) is 8.52. The van der Waals surface area contributed by atoms with Gasteiger partial charge >= 0.3 is 0 Å². The van der Waals surface area contributed by atoms with Crippen LogP contribution in [0.2, 0.25) is 0 Å². The zero-order chi connectivity index (χ0) is 16.7. The lowest BCUT2D eigenvalue weighted by atomic mass is 9.92. The number of furan rings is 1. The third-order valence-electron chi connectivity index (χ3n) is 4.96. The van der Waals surface area contributed by atoms with Crippen LogP contribution in [0.1, 0.15) is 75.4 Å². The number of likely N-dealkylation sites (tertiary alicyclic amines) is 1. The maximum atomic E-state index is 13.3. The van der Waals surface area contributed by atoms with Gasteiger partial charge in [-0.15, -0.1) is 11.3 Å². The summed E-state index contributed by atoms with van der Waals surface area (Å²) >= 11 is 1.59. The fourth-order valence-corrected chi connectivity index (χ4v) is 4.62. The van der Waals surface area contributed by atoms with Crippen LogP contribution >= 0.6 is 11.3 Å². The molecule has 1 aliphatic carbocycles. The summed E-state index contributed by atoms with van der Waals surface area (Å²) in [5.74, 6) is 1.23. The summed E-state index contributed by atoms with van der Waals surface area (Å²) in [6.45, 7) is 2.50. The van der Waals surface area contributed by atoms with Crippen LogP contribution in [0, 0.1) is 6.92 Å². The lowest BCUT2D eigenvalue weighted by Crippen LogP contribution is -2.39. The van der Waals surface area contributed by atoms with Crippen LogP contribution in [0.4, 0.5) is 0 Å². The van der Waals surface area contributed by atoms with Crippen LogP contribution in [-0.4, -0.2) is 28.1 Å². The van der Waals surface area contributed by atoms with Gasteiger partial charge in [-0.1, -0.05) is 0 Å². The Morgan fingerprint density at radius 3 is 3.00 bits per heavy atom. The number of aryl methyl sites for hydroxylation is 2. The molecule has 2 aromatic heterocycles. The molecule has 0 N–H and O–H groups in total. The molecule has 2 aliphatic rings. The van der Waals surface area contributed by atoms with Crippen LogP contribution < -0.4 is 0 Å². The van der Waals surface area contributed by atoms with Crippen molar-refractivity contribution in [2.75, 3.05) is 6.54 Å². The third kappa shape index (κ3) is 2.49. The Labute approximate surface area is 144 Å². The third-order valence-corrected chi connectivity index (χ3v) is 5.83. The summed E-state index contributed by atoms with van der Waals surface area (Å²) < 4.78 is 5.76. The van der Waals surface area contributed by atoms with E-state index in [2.05, 4.69) is 4.98 Å². The molecule has 2 aromatic rings. The van der Waals surface area contributed by atoms with Gasteiger partial charge in [-0.05, 0) is 32.6 Å². The molecule has 1 saturated heterocycles. The summed E-state index contributed by atoms with van der Waals surface area (Å²) in [7, 11) is 0. The van der Waals surface area contributed by atoms with Gasteiger partial charge in [0.05, 0.1) is 17.2 Å². The van der Waals surface area contributed by atoms with Crippen molar-refractivity contribution < 1.29 is 14.0 Å². The highest BCUT2D eigenvalue weighted by Gasteiger charge is 2.36. The Bertz CT molecular complexity index is 779. The smallest absolute Gasteiger partial charge is 0.258 e. The Morgan fingerprint density at radius 2 is 2.21 bits per heavy atom. The molecule has 5 nitrogen and oxygen atoms in total. The fourth-order valence-electron chi connectivity index (χ4n) is 3.84. The van der Waals surface area contributed by atoms with Gasteiger partial charge in [-0.3, -0.25) is 9.59 Å². The van der Waals surface area contributed by atoms with E-state index < -0.39 is 0 Å². The Hall–Kier alpha value is -1.95. The van der Waals surface area contributed by atoms with Crippen LogP contribution in [-0.2, 0) is 6.42 Å². The second-order valence-electron chi connectivity index (χ2n) is 6.49. The van der Waals surface area contributed by atoms with E-state index in [1.54, 1.807) is 24.5 Å². The van der Waals surface area contributed by atoms with Crippen molar-refractivity contribution in [3.63, 3.8) is 0 Å². The molecular weight excluding hydrogens is 324 g/mol. The second-order valence-corrected chi connectivity index (χ2v) is 7.41. The summed E-state index contributed by atoms with van der Waals surface area (Å²) in [4.78, 5) is 32.0. The van der Waals surface area contributed by atoms with Crippen molar-refractivity contribution in [3.8, 4) is 0 Å². The van der Waals surface area contributed by atoms with E-state index in [0.29, 0.717) is 35.6 Å². The number of carbonyl (C=O) groups excluding carboxylic acids is 2. The van der Waals surface area contributed by atoms with Crippen molar-refractivity contribution in [2.45, 2.75) is 51.5 Å². The van der Waals surface area contributed by atoms with Gasteiger partial charge in [0.15, 0.2) is 5.78 Å². The zero-order valence-electron chi connectivity index (χ0n) is 13.7. The number of aromatic nitrogens is 1. The number of rotatable bonds is 2. The van der Waals surface area contributed by atoms with Crippen LogP contribution in [0.25, 0.3) is 0 Å². The van der Waals surface area contributed by atoms with Crippen molar-refractivity contribution in [1.29, 1.82) is 0 Å². The Morgan fingerprint density at radius 1 is 1.33 bits per heavy atom. The van der Waals surface area contributed by atoms with E-state index >= 15 is 0 Å². The number of ketones is 1. The predicted octanol–water partition coefficient (Wildman–Crippen LogP) is 3.93. The predicted molar refractivity (Wildman–Crippen MR) is 90.5 cm³/mol. The highest BCUT2D eigenvalue weighted by atomic mass is 32.1. The molecule has 6 heteroatoms. The quantitative estimate of drug-likeness (QED) is 0.828. The van der Waals surface area contributed by atoms with Crippen molar-refractivity contribution >= 4 is 23.0 Å². The first-order valence-corrected chi connectivity index (χ1v) is 9.40. The lowest BCUT2D eigenvalue weighted by Gasteiger charge is -2.34. The molecule has 3 heterocycles. The molecule has 0 spiro atoms. The number of thiazole rings is 1. The molecule has 126 valence electrons. The van der Waals surface area contributed by atoms with E-state index in [1.165, 1.54) is 0 Å². The van der Waals surface area contributed by atoms with E-state index in [1.807, 2.05) is 10.3 Å². The topological polar surface area (TPSA) is 63.4 Å². The lowest BCUT2D eigenvalue weighted by molar-refractivity contribution is 0.0606.